The number of halogens is 3. The normalized spacial score (nSPS) is 21.4. The Morgan fingerprint density at radius 2 is 1.97 bits per heavy atom. The predicted molar refractivity (Wildman–Crippen MR) is 126 cm³/mol. The molecule has 8 nitrogen and oxygen atoms in total. The number of hydrogen-bond acceptors (Lipinski definition) is 7. The zero-order chi connectivity index (χ0) is 25.6. The molecule has 1 aliphatic heterocycles. The van der Waals surface area contributed by atoms with Crippen molar-refractivity contribution in [1.29, 1.82) is 0 Å². The number of alkyl halides is 3. The van der Waals surface area contributed by atoms with Crippen LogP contribution in [0.5, 0.6) is 0 Å². The van der Waals surface area contributed by atoms with Gasteiger partial charge in [-0.25, -0.2) is 18.1 Å². The topological polar surface area (TPSA) is 107 Å². The van der Waals surface area contributed by atoms with Crippen LogP contribution in [0.15, 0.2) is 29.3 Å². The molecule has 4 rings (SSSR count). The highest BCUT2D eigenvalue weighted by atomic mass is 32.2. The first-order valence-corrected chi connectivity index (χ1v) is 13.1. The fourth-order valence-corrected chi connectivity index (χ4v) is 5.61. The maximum Gasteiger partial charge on any atom is 0.421 e. The van der Waals surface area contributed by atoms with Gasteiger partial charge in [0.25, 0.3) is 0 Å². The first kappa shape index (κ1) is 25.6. The minimum Gasteiger partial charge on any atom is -0.388 e. The average Bonchev–Trinajstić information content (AvgIpc) is 3.57. The van der Waals surface area contributed by atoms with Crippen molar-refractivity contribution in [3.8, 4) is 0 Å². The van der Waals surface area contributed by atoms with Crippen LogP contribution in [0.4, 0.5) is 30.6 Å². The molecule has 1 aromatic heterocycles. The summed E-state index contributed by atoms with van der Waals surface area (Å²) < 4.78 is 69.0. The van der Waals surface area contributed by atoms with E-state index in [0.717, 1.165) is 24.6 Å². The van der Waals surface area contributed by atoms with Crippen LogP contribution in [-0.2, 0) is 16.2 Å². The second kappa shape index (κ2) is 9.21. The highest BCUT2D eigenvalue weighted by Crippen LogP contribution is 2.45. The Hall–Kier alpha value is -2.44. The Kier molecular flexibility index (Phi) is 6.75. The fraction of sp³-hybridized carbons (Fsp3) is 0.565. The van der Waals surface area contributed by atoms with Crippen LogP contribution < -0.4 is 14.9 Å². The maximum absolute atomic E-state index is 13.7. The highest BCUT2D eigenvalue weighted by molar-refractivity contribution is 7.89. The number of sulfonamides is 1. The lowest BCUT2D eigenvalue weighted by Crippen LogP contribution is -2.47. The Bertz CT molecular complexity index is 1200. The van der Waals surface area contributed by atoms with E-state index in [4.69, 9.17) is 0 Å². The summed E-state index contributed by atoms with van der Waals surface area (Å²) in [6.07, 6.45) is -1.11. The summed E-state index contributed by atoms with van der Waals surface area (Å²) >= 11 is 0. The van der Waals surface area contributed by atoms with Crippen molar-refractivity contribution < 1.29 is 26.7 Å². The van der Waals surface area contributed by atoms with Gasteiger partial charge in [0.15, 0.2) is 0 Å². The number of benzene rings is 1. The summed E-state index contributed by atoms with van der Waals surface area (Å²) in [5.41, 5.74) is -0.788. The summed E-state index contributed by atoms with van der Waals surface area (Å²) in [6, 6.07) is 4.37. The number of β-amino-alcohol motifs (C(OH)–C–C–N with tert-alkyl or cyclic N) is 1. The van der Waals surface area contributed by atoms with Crippen LogP contribution in [0.3, 0.4) is 0 Å². The third kappa shape index (κ3) is 6.04. The molecule has 0 radical (unpaired) electrons. The molecule has 1 atom stereocenters. The number of nitrogens with zero attached hydrogens (tertiary/aromatic N) is 3. The van der Waals surface area contributed by atoms with Gasteiger partial charge in [0, 0.05) is 31.0 Å². The van der Waals surface area contributed by atoms with Gasteiger partial charge in [-0.15, -0.1) is 0 Å². The van der Waals surface area contributed by atoms with Gasteiger partial charge in [0.2, 0.25) is 16.0 Å². The van der Waals surface area contributed by atoms with Crippen molar-refractivity contribution >= 4 is 27.5 Å². The Morgan fingerprint density at radius 1 is 1.26 bits per heavy atom. The molecule has 1 aliphatic carbocycles. The first-order valence-electron chi connectivity index (χ1n) is 11.6. The molecule has 3 N–H and O–H groups in total. The van der Waals surface area contributed by atoms with E-state index in [0.29, 0.717) is 25.1 Å². The predicted octanol–water partition coefficient (Wildman–Crippen LogP) is 4.15. The van der Waals surface area contributed by atoms with Crippen molar-refractivity contribution in [2.75, 3.05) is 23.3 Å². The standard InChI is InChI=1S/C23H30F3N5O3S/c1-14(2)30-35(33,34)16-7-8-19(17(11-16)15-5-6-15)28-21-27-12-18(23(24,25)26)20(29-21)31-10-4-9-22(3,32)13-31/h7-8,11-12,14-15,30,32H,4-6,9-10,13H2,1-3H3,(H,27,28,29)/t22-/m0/s1. The van der Waals surface area contributed by atoms with Gasteiger partial charge in [-0.05, 0) is 76.1 Å². The number of piperidine rings is 1. The third-order valence-electron chi connectivity index (χ3n) is 6.04. The van der Waals surface area contributed by atoms with E-state index >= 15 is 0 Å². The molecular weight excluding hydrogens is 483 g/mol. The Balaban J connectivity index is 1.69. The van der Waals surface area contributed by atoms with Crippen LogP contribution in [-0.4, -0.2) is 48.2 Å². The Labute approximate surface area is 203 Å². The molecule has 2 aromatic rings. The van der Waals surface area contributed by atoms with Crippen molar-refractivity contribution in [1.82, 2.24) is 14.7 Å². The van der Waals surface area contributed by atoms with E-state index in [1.54, 1.807) is 32.9 Å². The monoisotopic (exact) mass is 513 g/mol. The molecule has 2 aliphatic rings. The molecule has 192 valence electrons. The van der Waals surface area contributed by atoms with Gasteiger partial charge < -0.3 is 15.3 Å². The van der Waals surface area contributed by atoms with Crippen LogP contribution in [0.2, 0.25) is 0 Å². The molecule has 0 amide bonds. The minimum atomic E-state index is -4.66. The Morgan fingerprint density at radius 3 is 2.57 bits per heavy atom. The second-order valence-electron chi connectivity index (χ2n) is 9.88. The van der Waals surface area contributed by atoms with E-state index in [2.05, 4.69) is 20.0 Å². The van der Waals surface area contributed by atoms with E-state index in [1.165, 1.54) is 11.0 Å². The summed E-state index contributed by atoms with van der Waals surface area (Å²) in [7, 11) is -3.70. The van der Waals surface area contributed by atoms with Gasteiger partial charge >= 0.3 is 6.18 Å². The smallest absolute Gasteiger partial charge is 0.388 e. The number of aliphatic hydroxyl groups is 1. The third-order valence-corrected chi connectivity index (χ3v) is 7.69. The van der Waals surface area contributed by atoms with Gasteiger partial charge in [-0.3, -0.25) is 0 Å². The zero-order valence-electron chi connectivity index (χ0n) is 19.9. The van der Waals surface area contributed by atoms with Gasteiger partial charge in [-0.1, -0.05) is 0 Å². The molecule has 0 spiro atoms. The summed E-state index contributed by atoms with van der Waals surface area (Å²) in [6.45, 7) is 5.42. The SMILES string of the molecule is CC(C)NS(=O)(=O)c1ccc(Nc2ncc(C(F)(F)F)c(N3CCC[C@](C)(O)C3)n2)c(C2CC2)c1. The molecule has 35 heavy (non-hydrogen) atoms. The van der Waals surface area contributed by atoms with E-state index in [1.807, 2.05) is 0 Å². The van der Waals surface area contributed by atoms with Gasteiger partial charge in [0.05, 0.1) is 10.5 Å². The fourth-order valence-electron chi connectivity index (χ4n) is 4.33. The zero-order valence-corrected chi connectivity index (χ0v) is 20.7. The molecule has 1 saturated heterocycles. The highest BCUT2D eigenvalue weighted by Gasteiger charge is 2.39. The maximum atomic E-state index is 13.7. The number of anilines is 3. The van der Waals surface area contributed by atoms with Crippen molar-refractivity contribution in [2.24, 2.45) is 0 Å². The van der Waals surface area contributed by atoms with E-state index in [9.17, 15) is 26.7 Å². The molecule has 1 aromatic carbocycles. The number of hydrogen-bond donors (Lipinski definition) is 3. The molecular formula is C23H30F3N5O3S. The second-order valence-corrected chi connectivity index (χ2v) is 11.6. The molecule has 2 heterocycles. The van der Waals surface area contributed by atoms with Crippen LogP contribution in [0, 0.1) is 0 Å². The molecule has 1 saturated carbocycles. The van der Waals surface area contributed by atoms with E-state index < -0.39 is 27.4 Å². The quantitative estimate of drug-likeness (QED) is 0.510. The van der Waals surface area contributed by atoms with Crippen LogP contribution in [0.25, 0.3) is 0 Å². The number of aromatic nitrogens is 2. The van der Waals surface area contributed by atoms with E-state index in [-0.39, 0.29) is 35.2 Å². The lowest BCUT2D eigenvalue weighted by molar-refractivity contribution is -0.137. The van der Waals surface area contributed by atoms with Crippen LogP contribution in [0.1, 0.15) is 63.5 Å². The molecule has 2 fully saturated rings. The first-order chi connectivity index (χ1) is 16.2. The minimum absolute atomic E-state index is 0.0231. The lowest BCUT2D eigenvalue weighted by Gasteiger charge is -2.38. The van der Waals surface area contributed by atoms with Crippen molar-refractivity contribution in [3.05, 3.63) is 35.5 Å². The molecule has 0 unspecified atom stereocenters. The summed E-state index contributed by atoms with van der Waals surface area (Å²) in [5.74, 6) is -0.169. The number of rotatable bonds is 7. The van der Waals surface area contributed by atoms with Crippen molar-refractivity contribution in [2.45, 2.75) is 75.1 Å². The average molecular weight is 514 g/mol. The summed E-state index contributed by atoms with van der Waals surface area (Å²) in [4.78, 5) is 9.67. The van der Waals surface area contributed by atoms with Gasteiger partial charge in [0.1, 0.15) is 11.4 Å². The van der Waals surface area contributed by atoms with Crippen molar-refractivity contribution in [3.63, 3.8) is 0 Å². The largest absolute Gasteiger partial charge is 0.421 e. The van der Waals surface area contributed by atoms with Gasteiger partial charge in [-0.2, -0.15) is 18.2 Å². The van der Waals surface area contributed by atoms with Crippen LogP contribution >= 0.6 is 0 Å². The lowest BCUT2D eigenvalue weighted by atomic mass is 9.95. The molecule has 12 heteroatoms. The molecule has 0 bridgehead atoms. The number of nitrogens with one attached hydrogen (secondary N) is 2. The summed E-state index contributed by atoms with van der Waals surface area (Å²) in [5, 5.41) is 13.4.